The summed E-state index contributed by atoms with van der Waals surface area (Å²) in [4.78, 5) is 9.93. The minimum Gasteiger partial charge on any atom is -0.356 e. The Hall–Kier alpha value is -1.88. The first-order valence-corrected chi connectivity index (χ1v) is 8.51. The van der Waals surface area contributed by atoms with E-state index < -0.39 is 0 Å². The molecular formula is C17H22N4S. The number of hydrogen-bond donors (Lipinski definition) is 2. The van der Waals surface area contributed by atoms with E-state index in [9.17, 15) is 0 Å². The average molecular weight is 314 g/mol. The molecule has 0 bridgehead atoms. The summed E-state index contributed by atoms with van der Waals surface area (Å²) >= 11 is 1.76. The SMILES string of the molecule is CN=C(NCCc1ncc(C)s1)NCC1Cc2ccccc21. The van der Waals surface area contributed by atoms with Crippen molar-refractivity contribution >= 4 is 17.3 Å². The lowest BCUT2D eigenvalue weighted by atomic mass is 9.78. The van der Waals surface area contributed by atoms with Gasteiger partial charge in [-0.15, -0.1) is 11.3 Å². The zero-order chi connectivity index (χ0) is 15.4. The van der Waals surface area contributed by atoms with E-state index in [1.165, 1.54) is 27.4 Å². The van der Waals surface area contributed by atoms with Crippen molar-refractivity contribution in [3.05, 3.63) is 51.5 Å². The lowest BCUT2D eigenvalue weighted by Crippen LogP contribution is -2.41. The molecule has 1 heterocycles. The van der Waals surface area contributed by atoms with E-state index in [1.807, 2.05) is 13.2 Å². The highest BCUT2D eigenvalue weighted by atomic mass is 32.1. The number of nitrogens with zero attached hydrogens (tertiary/aromatic N) is 2. The van der Waals surface area contributed by atoms with Crippen LogP contribution in [0.1, 0.15) is 26.9 Å². The predicted octanol–water partition coefficient (Wildman–Crippen LogP) is 2.50. The topological polar surface area (TPSA) is 49.3 Å². The molecule has 116 valence electrons. The molecule has 1 aliphatic carbocycles. The minimum atomic E-state index is 0.608. The third kappa shape index (κ3) is 3.47. The Labute approximate surface area is 135 Å². The molecule has 0 saturated carbocycles. The average Bonchev–Trinajstić information content (AvgIpc) is 2.92. The van der Waals surface area contributed by atoms with Crippen molar-refractivity contribution in [1.29, 1.82) is 0 Å². The number of guanidine groups is 1. The first kappa shape index (κ1) is 15.0. The highest BCUT2D eigenvalue weighted by Crippen LogP contribution is 2.33. The van der Waals surface area contributed by atoms with Gasteiger partial charge in [0.1, 0.15) is 0 Å². The van der Waals surface area contributed by atoms with Gasteiger partial charge in [-0.05, 0) is 24.5 Å². The Morgan fingerprint density at radius 2 is 2.23 bits per heavy atom. The second-order valence-corrected chi connectivity index (χ2v) is 6.91. The Balaban J connectivity index is 1.41. The van der Waals surface area contributed by atoms with Gasteiger partial charge >= 0.3 is 0 Å². The van der Waals surface area contributed by atoms with E-state index in [-0.39, 0.29) is 0 Å². The lowest BCUT2D eigenvalue weighted by molar-refractivity contribution is 0.584. The summed E-state index contributed by atoms with van der Waals surface area (Å²) in [5.41, 5.74) is 2.96. The standard InChI is InChI=1S/C17H22N4S/c1-12-10-20-16(22-12)7-8-19-17(18-2)21-11-14-9-13-5-3-4-6-15(13)14/h3-6,10,14H,7-9,11H2,1-2H3,(H2,18,19,21). The van der Waals surface area contributed by atoms with Gasteiger partial charge in [0, 0.05) is 43.5 Å². The molecule has 1 aliphatic rings. The van der Waals surface area contributed by atoms with Gasteiger partial charge in [0.05, 0.1) is 5.01 Å². The van der Waals surface area contributed by atoms with Crippen molar-refractivity contribution < 1.29 is 0 Å². The summed E-state index contributed by atoms with van der Waals surface area (Å²) in [6.07, 6.45) is 4.03. The van der Waals surface area contributed by atoms with Gasteiger partial charge < -0.3 is 10.6 Å². The second kappa shape index (κ2) is 6.92. The third-order valence-corrected chi connectivity index (χ3v) is 4.97. The van der Waals surface area contributed by atoms with Crippen LogP contribution in [-0.2, 0) is 12.8 Å². The number of benzene rings is 1. The molecule has 22 heavy (non-hydrogen) atoms. The van der Waals surface area contributed by atoms with Gasteiger partial charge in [-0.1, -0.05) is 24.3 Å². The minimum absolute atomic E-state index is 0.608. The van der Waals surface area contributed by atoms with Crippen LogP contribution in [0, 0.1) is 6.92 Å². The summed E-state index contributed by atoms with van der Waals surface area (Å²) in [5.74, 6) is 1.48. The van der Waals surface area contributed by atoms with Crippen molar-refractivity contribution in [1.82, 2.24) is 15.6 Å². The molecule has 0 amide bonds. The van der Waals surface area contributed by atoms with Crippen LogP contribution < -0.4 is 10.6 Å². The molecule has 1 unspecified atom stereocenters. The molecule has 2 aromatic rings. The van der Waals surface area contributed by atoms with Crippen LogP contribution >= 0.6 is 11.3 Å². The maximum Gasteiger partial charge on any atom is 0.191 e. The van der Waals surface area contributed by atoms with Crippen LogP contribution in [0.5, 0.6) is 0 Å². The van der Waals surface area contributed by atoms with E-state index in [4.69, 9.17) is 0 Å². The maximum absolute atomic E-state index is 4.38. The van der Waals surface area contributed by atoms with Gasteiger partial charge in [0.15, 0.2) is 5.96 Å². The first-order chi connectivity index (χ1) is 10.8. The summed E-state index contributed by atoms with van der Waals surface area (Å²) in [5, 5.41) is 7.96. The van der Waals surface area contributed by atoms with E-state index in [2.05, 4.69) is 51.8 Å². The number of nitrogens with one attached hydrogen (secondary N) is 2. The number of aromatic nitrogens is 1. The molecule has 2 N–H and O–H groups in total. The molecule has 0 saturated heterocycles. The van der Waals surface area contributed by atoms with Crippen LogP contribution in [0.25, 0.3) is 0 Å². The number of rotatable bonds is 5. The molecule has 5 heteroatoms. The van der Waals surface area contributed by atoms with Crippen LogP contribution in [0.3, 0.4) is 0 Å². The van der Waals surface area contributed by atoms with Crippen LogP contribution in [-0.4, -0.2) is 31.1 Å². The molecule has 3 rings (SSSR count). The van der Waals surface area contributed by atoms with E-state index >= 15 is 0 Å². The summed E-state index contributed by atoms with van der Waals surface area (Å²) in [6, 6.07) is 8.68. The number of fused-ring (bicyclic) bond motifs is 1. The molecule has 4 nitrogen and oxygen atoms in total. The van der Waals surface area contributed by atoms with Gasteiger partial charge in [-0.2, -0.15) is 0 Å². The highest BCUT2D eigenvalue weighted by molar-refractivity contribution is 7.11. The molecule has 0 spiro atoms. The van der Waals surface area contributed by atoms with Crippen molar-refractivity contribution in [3.63, 3.8) is 0 Å². The monoisotopic (exact) mass is 314 g/mol. The van der Waals surface area contributed by atoms with Crippen molar-refractivity contribution in [3.8, 4) is 0 Å². The highest BCUT2D eigenvalue weighted by Gasteiger charge is 2.25. The largest absolute Gasteiger partial charge is 0.356 e. The number of hydrogen-bond acceptors (Lipinski definition) is 3. The van der Waals surface area contributed by atoms with E-state index in [0.29, 0.717) is 5.92 Å². The zero-order valence-electron chi connectivity index (χ0n) is 13.1. The molecule has 0 fully saturated rings. The van der Waals surface area contributed by atoms with Gasteiger partial charge in [-0.25, -0.2) is 4.98 Å². The zero-order valence-corrected chi connectivity index (χ0v) is 13.9. The van der Waals surface area contributed by atoms with Gasteiger partial charge in [0.2, 0.25) is 0 Å². The van der Waals surface area contributed by atoms with E-state index in [0.717, 1.165) is 25.5 Å². The Bertz CT molecular complexity index is 662. The Morgan fingerprint density at radius 3 is 2.95 bits per heavy atom. The third-order valence-electron chi connectivity index (χ3n) is 4.00. The molecule has 1 aromatic carbocycles. The van der Waals surface area contributed by atoms with E-state index in [1.54, 1.807) is 11.3 Å². The molecule has 1 aromatic heterocycles. The normalized spacial score (nSPS) is 16.8. The quantitative estimate of drug-likeness (QED) is 0.658. The molecule has 0 radical (unpaired) electrons. The Kier molecular flexibility index (Phi) is 4.73. The summed E-state index contributed by atoms with van der Waals surface area (Å²) in [7, 11) is 1.82. The molecular weight excluding hydrogens is 292 g/mol. The number of thiazole rings is 1. The second-order valence-electron chi connectivity index (χ2n) is 5.59. The fourth-order valence-electron chi connectivity index (χ4n) is 2.79. The molecule has 1 atom stereocenters. The fraction of sp³-hybridized carbons (Fsp3) is 0.412. The van der Waals surface area contributed by atoms with Crippen LogP contribution in [0.2, 0.25) is 0 Å². The molecule has 0 aliphatic heterocycles. The Morgan fingerprint density at radius 1 is 1.36 bits per heavy atom. The van der Waals surface area contributed by atoms with Crippen molar-refractivity contribution in [2.75, 3.05) is 20.1 Å². The van der Waals surface area contributed by atoms with Crippen molar-refractivity contribution in [2.45, 2.75) is 25.7 Å². The van der Waals surface area contributed by atoms with Crippen LogP contribution in [0.4, 0.5) is 0 Å². The summed E-state index contributed by atoms with van der Waals surface area (Å²) in [6.45, 7) is 3.88. The summed E-state index contributed by atoms with van der Waals surface area (Å²) < 4.78 is 0. The number of aryl methyl sites for hydroxylation is 1. The first-order valence-electron chi connectivity index (χ1n) is 7.70. The maximum atomic E-state index is 4.38. The van der Waals surface area contributed by atoms with Crippen LogP contribution in [0.15, 0.2) is 35.5 Å². The number of aliphatic imine (C=N–C) groups is 1. The van der Waals surface area contributed by atoms with Crippen molar-refractivity contribution in [2.24, 2.45) is 4.99 Å². The van der Waals surface area contributed by atoms with Gasteiger partial charge in [0.25, 0.3) is 0 Å². The fourth-order valence-corrected chi connectivity index (χ4v) is 3.58. The lowest BCUT2D eigenvalue weighted by Gasteiger charge is -2.30. The smallest absolute Gasteiger partial charge is 0.191 e. The van der Waals surface area contributed by atoms with Gasteiger partial charge in [-0.3, -0.25) is 4.99 Å². The predicted molar refractivity (Wildman–Crippen MR) is 92.8 cm³/mol.